The summed E-state index contributed by atoms with van der Waals surface area (Å²) >= 11 is 0. The number of rotatable bonds is 8. The van der Waals surface area contributed by atoms with E-state index in [9.17, 15) is 22.8 Å². The van der Waals surface area contributed by atoms with E-state index in [2.05, 4.69) is 10.3 Å². The minimum Gasteiger partial charge on any atom is -0.482 e. The van der Waals surface area contributed by atoms with Crippen LogP contribution in [0.4, 0.5) is 13.2 Å². The van der Waals surface area contributed by atoms with Crippen molar-refractivity contribution in [3.63, 3.8) is 0 Å². The molecule has 2 heterocycles. The van der Waals surface area contributed by atoms with Gasteiger partial charge in [-0.15, -0.1) is 0 Å². The predicted octanol–water partition coefficient (Wildman–Crippen LogP) is 2.69. The third kappa shape index (κ3) is 5.87. The number of pyridine rings is 1. The number of nitrogens with one attached hydrogen (secondary N) is 1. The molecule has 2 aliphatic rings. The zero-order valence-electron chi connectivity index (χ0n) is 17.7. The molecule has 0 unspecified atom stereocenters. The number of nitrogens with zero attached hydrogens (tertiary/aromatic N) is 2. The molecule has 2 amide bonds. The Morgan fingerprint density at radius 3 is 2.65 bits per heavy atom. The summed E-state index contributed by atoms with van der Waals surface area (Å²) < 4.78 is 47.7. The summed E-state index contributed by atoms with van der Waals surface area (Å²) in [6, 6.07) is 0.736. The molecule has 1 saturated carbocycles. The second-order valence-electron chi connectivity index (χ2n) is 8.32. The van der Waals surface area contributed by atoms with Gasteiger partial charge in [0.15, 0.2) is 6.61 Å². The molecule has 0 radical (unpaired) electrons. The first kappa shape index (κ1) is 23.3. The molecule has 1 aliphatic carbocycles. The van der Waals surface area contributed by atoms with Crippen molar-refractivity contribution in [2.24, 2.45) is 11.3 Å². The van der Waals surface area contributed by atoms with Gasteiger partial charge in [0.2, 0.25) is 11.8 Å². The van der Waals surface area contributed by atoms with Crippen LogP contribution in [-0.4, -0.2) is 60.8 Å². The van der Waals surface area contributed by atoms with Gasteiger partial charge in [0.1, 0.15) is 11.8 Å². The van der Waals surface area contributed by atoms with Gasteiger partial charge in [0.05, 0.1) is 11.6 Å². The Labute approximate surface area is 179 Å². The number of carbonyl (C=O) groups excluding carboxylic acids is 2. The smallest absolute Gasteiger partial charge is 0.422 e. The van der Waals surface area contributed by atoms with Crippen molar-refractivity contribution >= 4 is 11.8 Å². The summed E-state index contributed by atoms with van der Waals surface area (Å²) in [5.74, 6) is -0.164. The summed E-state index contributed by atoms with van der Waals surface area (Å²) in [7, 11) is 1.53. The lowest BCUT2D eigenvalue weighted by atomic mass is 9.74. The number of carbonyl (C=O) groups is 2. The van der Waals surface area contributed by atoms with E-state index >= 15 is 0 Å². The van der Waals surface area contributed by atoms with Crippen LogP contribution >= 0.6 is 0 Å². The molecular weight excluding hydrogens is 415 g/mol. The fourth-order valence-corrected chi connectivity index (χ4v) is 4.09. The lowest BCUT2D eigenvalue weighted by Crippen LogP contribution is -2.52. The molecule has 0 aromatic carbocycles. The highest BCUT2D eigenvalue weighted by atomic mass is 19.4. The molecule has 31 heavy (non-hydrogen) atoms. The molecule has 1 atom stereocenters. The van der Waals surface area contributed by atoms with Crippen LogP contribution in [0.3, 0.4) is 0 Å². The van der Waals surface area contributed by atoms with Crippen LogP contribution in [-0.2, 0) is 20.9 Å². The summed E-state index contributed by atoms with van der Waals surface area (Å²) in [5.41, 5.74) is -0.0813. The summed E-state index contributed by atoms with van der Waals surface area (Å²) in [4.78, 5) is 31.0. The maximum absolute atomic E-state index is 13.1. The van der Waals surface area contributed by atoms with E-state index in [1.165, 1.54) is 30.4 Å². The third-order valence-corrected chi connectivity index (χ3v) is 5.96. The van der Waals surface area contributed by atoms with E-state index in [1.807, 2.05) is 0 Å². The standard InChI is InChI=1S/C21H28F3N3O4/c1-14(26-19(29)20(16-3-4-16)6-9-30-10-7-20)18(28)27(2)12-15-5-8-25-11-17(15)31-13-21(22,23)24/h5,8,11,14,16H,3-4,6-7,9-10,12-13H2,1-2H3,(H,26,29)/t14-/m1/s1. The second-order valence-corrected chi connectivity index (χ2v) is 8.32. The first-order valence-corrected chi connectivity index (χ1v) is 10.4. The van der Waals surface area contributed by atoms with Gasteiger partial charge in [0, 0.05) is 38.6 Å². The Balaban J connectivity index is 1.60. The van der Waals surface area contributed by atoms with E-state index in [-0.39, 0.29) is 24.1 Å². The fourth-order valence-electron chi connectivity index (χ4n) is 4.09. The molecule has 1 aromatic rings. The third-order valence-electron chi connectivity index (χ3n) is 5.96. The molecule has 0 spiro atoms. The lowest BCUT2D eigenvalue weighted by molar-refractivity contribution is -0.153. The summed E-state index contributed by atoms with van der Waals surface area (Å²) in [5, 5.41) is 2.86. The normalized spacial score (nSPS) is 19.4. The van der Waals surface area contributed by atoms with Crippen molar-refractivity contribution in [3.05, 3.63) is 24.0 Å². The number of hydrogen-bond donors (Lipinski definition) is 1. The molecule has 1 N–H and O–H groups in total. The zero-order chi connectivity index (χ0) is 22.6. The van der Waals surface area contributed by atoms with E-state index in [1.54, 1.807) is 6.92 Å². The largest absolute Gasteiger partial charge is 0.482 e. The van der Waals surface area contributed by atoms with Crippen molar-refractivity contribution in [1.82, 2.24) is 15.2 Å². The summed E-state index contributed by atoms with van der Waals surface area (Å²) in [6.07, 6.45) is 1.46. The van der Waals surface area contributed by atoms with Gasteiger partial charge in [-0.05, 0) is 44.6 Å². The number of likely N-dealkylation sites (N-methyl/N-ethyl adjacent to an activating group) is 1. The Morgan fingerprint density at radius 2 is 2.03 bits per heavy atom. The van der Waals surface area contributed by atoms with Crippen LogP contribution in [0.15, 0.2) is 18.5 Å². The molecule has 0 bridgehead atoms. The molecule has 7 nitrogen and oxygen atoms in total. The van der Waals surface area contributed by atoms with Crippen LogP contribution in [0.25, 0.3) is 0 Å². The molecule has 10 heteroatoms. The number of amides is 2. The molecular formula is C21H28F3N3O4. The van der Waals surface area contributed by atoms with Gasteiger partial charge >= 0.3 is 6.18 Å². The quantitative estimate of drug-likeness (QED) is 0.668. The maximum atomic E-state index is 13.1. The van der Waals surface area contributed by atoms with Gasteiger partial charge in [-0.1, -0.05) is 0 Å². The van der Waals surface area contributed by atoms with Gasteiger partial charge in [0.25, 0.3) is 0 Å². The van der Waals surface area contributed by atoms with Crippen LogP contribution in [0.1, 0.15) is 38.2 Å². The molecule has 1 aliphatic heterocycles. The first-order chi connectivity index (χ1) is 14.6. The highest BCUT2D eigenvalue weighted by Gasteiger charge is 2.51. The van der Waals surface area contributed by atoms with Gasteiger partial charge in [-0.25, -0.2) is 0 Å². The monoisotopic (exact) mass is 443 g/mol. The second kappa shape index (κ2) is 9.42. The Kier molecular flexibility index (Phi) is 7.08. The number of halogens is 3. The predicted molar refractivity (Wildman–Crippen MR) is 105 cm³/mol. The van der Waals surface area contributed by atoms with Gasteiger partial charge < -0.3 is 19.7 Å². The van der Waals surface area contributed by atoms with Crippen molar-refractivity contribution in [2.45, 2.75) is 51.4 Å². The molecule has 1 saturated heterocycles. The van der Waals surface area contributed by atoms with Crippen molar-refractivity contribution in [1.29, 1.82) is 0 Å². The van der Waals surface area contributed by atoms with Crippen LogP contribution < -0.4 is 10.1 Å². The number of aromatic nitrogens is 1. The molecule has 2 fully saturated rings. The van der Waals surface area contributed by atoms with E-state index in [0.717, 1.165) is 12.8 Å². The Morgan fingerprint density at radius 1 is 1.35 bits per heavy atom. The SMILES string of the molecule is C[C@@H](NC(=O)C1(C2CC2)CCOCC1)C(=O)N(C)Cc1ccncc1OCC(F)(F)F. The average Bonchev–Trinajstić information content (AvgIpc) is 3.58. The average molecular weight is 443 g/mol. The van der Waals surface area contributed by atoms with Crippen LogP contribution in [0, 0.1) is 11.3 Å². The van der Waals surface area contributed by atoms with Crippen LogP contribution in [0.5, 0.6) is 5.75 Å². The zero-order valence-corrected chi connectivity index (χ0v) is 17.7. The Hall–Kier alpha value is -2.36. The highest BCUT2D eigenvalue weighted by Crippen LogP contribution is 2.51. The number of ether oxygens (including phenoxy) is 2. The minimum atomic E-state index is -4.48. The topological polar surface area (TPSA) is 80.8 Å². The molecule has 1 aromatic heterocycles. The lowest BCUT2D eigenvalue weighted by Gasteiger charge is -2.37. The van der Waals surface area contributed by atoms with Crippen molar-refractivity contribution < 1.29 is 32.2 Å². The molecule has 3 rings (SSSR count). The van der Waals surface area contributed by atoms with Gasteiger partial charge in [-0.3, -0.25) is 14.6 Å². The van der Waals surface area contributed by atoms with E-state index < -0.39 is 24.2 Å². The highest BCUT2D eigenvalue weighted by molar-refractivity contribution is 5.90. The van der Waals surface area contributed by atoms with Crippen LogP contribution in [0.2, 0.25) is 0 Å². The summed E-state index contributed by atoms with van der Waals surface area (Å²) in [6.45, 7) is 1.27. The Bertz CT molecular complexity index is 792. The van der Waals surface area contributed by atoms with E-state index in [0.29, 0.717) is 37.5 Å². The van der Waals surface area contributed by atoms with Gasteiger partial charge in [-0.2, -0.15) is 13.2 Å². The number of hydrogen-bond acceptors (Lipinski definition) is 5. The maximum Gasteiger partial charge on any atom is 0.422 e. The van der Waals surface area contributed by atoms with E-state index in [4.69, 9.17) is 9.47 Å². The van der Waals surface area contributed by atoms with Crippen molar-refractivity contribution in [3.8, 4) is 5.75 Å². The van der Waals surface area contributed by atoms with Crippen molar-refractivity contribution in [2.75, 3.05) is 26.9 Å². The minimum absolute atomic E-state index is 0.0242. The molecule has 172 valence electrons. The first-order valence-electron chi connectivity index (χ1n) is 10.4. The fraction of sp³-hybridized carbons (Fsp3) is 0.667. The number of alkyl halides is 3.